The minimum absolute atomic E-state index is 0.327. The number of hydrogen-bond donors (Lipinski definition) is 0. The van der Waals surface area contributed by atoms with Gasteiger partial charge < -0.3 is 0 Å². The Labute approximate surface area is 98.6 Å². The van der Waals surface area contributed by atoms with Crippen molar-refractivity contribution in [3.05, 3.63) is 23.8 Å². The summed E-state index contributed by atoms with van der Waals surface area (Å²) in [5, 5.41) is 0. The standard InChI is InChI=1S/C15H22O/c1-10-6-5-7-11(2)14(16)8-13-12(10)9-15(13,3)4/h7,12-13H,1,5-6,8-9H2,2-4H3/b11-7-/t12-,13-/m1/s1. The van der Waals surface area contributed by atoms with Crippen LogP contribution in [0.15, 0.2) is 23.8 Å². The Bertz CT molecular complexity index is 360. The second-order valence-electron chi connectivity index (χ2n) is 6.12. The third-order valence-electron chi connectivity index (χ3n) is 4.52. The number of hydrogen-bond acceptors (Lipinski definition) is 1. The molecule has 1 fully saturated rings. The molecule has 2 aliphatic carbocycles. The summed E-state index contributed by atoms with van der Waals surface area (Å²) in [7, 11) is 0. The smallest absolute Gasteiger partial charge is 0.158 e. The van der Waals surface area contributed by atoms with E-state index < -0.39 is 0 Å². The van der Waals surface area contributed by atoms with Crippen LogP contribution in [0.2, 0.25) is 0 Å². The van der Waals surface area contributed by atoms with Crippen LogP contribution in [0.5, 0.6) is 0 Å². The van der Waals surface area contributed by atoms with Gasteiger partial charge >= 0.3 is 0 Å². The zero-order valence-electron chi connectivity index (χ0n) is 10.7. The fourth-order valence-corrected chi connectivity index (χ4v) is 3.23. The first kappa shape index (κ1) is 11.6. The Hall–Kier alpha value is -0.850. The summed E-state index contributed by atoms with van der Waals surface area (Å²) in [5.74, 6) is 1.46. The molecule has 0 N–H and O–H groups in total. The van der Waals surface area contributed by atoms with Crippen LogP contribution < -0.4 is 0 Å². The Morgan fingerprint density at radius 2 is 2.12 bits per heavy atom. The van der Waals surface area contributed by atoms with Crippen LogP contribution in [0, 0.1) is 17.3 Å². The highest BCUT2D eigenvalue weighted by molar-refractivity contribution is 5.95. The van der Waals surface area contributed by atoms with Crippen molar-refractivity contribution in [2.24, 2.45) is 17.3 Å². The first-order valence-electron chi connectivity index (χ1n) is 6.29. The minimum Gasteiger partial charge on any atom is -0.295 e. The molecule has 0 amide bonds. The highest BCUT2D eigenvalue weighted by Gasteiger charge is 2.48. The minimum atomic E-state index is 0.327. The van der Waals surface area contributed by atoms with Crippen LogP contribution in [-0.2, 0) is 4.79 Å². The number of carbonyl (C=O) groups is 1. The number of fused-ring (bicyclic) bond motifs is 1. The summed E-state index contributed by atoms with van der Waals surface area (Å²) in [6.07, 6.45) is 6.06. The quantitative estimate of drug-likeness (QED) is 0.563. The van der Waals surface area contributed by atoms with E-state index in [0.717, 1.165) is 24.8 Å². The van der Waals surface area contributed by atoms with Gasteiger partial charge in [-0.1, -0.05) is 32.1 Å². The maximum Gasteiger partial charge on any atom is 0.158 e. The fraction of sp³-hybridized carbons (Fsp3) is 0.667. The van der Waals surface area contributed by atoms with Gasteiger partial charge in [0.25, 0.3) is 0 Å². The third kappa shape index (κ3) is 1.88. The molecule has 0 saturated heterocycles. The molecule has 2 aliphatic rings. The number of carbonyl (C=O) groups excluding carboxylic acids is 1. The van der Waals surface area contributed by atoms with E-state index in [1.807, 2.05) is 6.92 Å². The van der Waals surface area contributed by atoms with Crippen LogP contribution in [0.1, 0.15) is 46.5 Å². The Morgan fingerprint density at radius 3 is 2.75 bits per heavy atom. The lowest BCUT2D eigenvalue weighted by atomic mass is 9.52. The molecule has 0 aromatic rings. The first-order chi connectivity index (χ1) is 7.42. The third-order valence-corrected chi connectivity index (χ3v) is 4.52. The van der Waals surface area contributed by atoms with Crippen LogP contribution in [-0.4, -0.2) is 5.78 Å². The molecule has 2 rings (SSSR count). The molecule has 0 spiro atoms. The average Bonchev–Trinajstić information content (AvgIpc) is 2.24. The maximum atomic E-state index is 12.0. The van der Waals surface area contributed by atoms with Crippen LogP contribution >= 0.6 is 0 Å². The van der Waals surface area contributed by atoms with Gasteiger partial charge in [-0.3, -0.25) is 4.79 Å². The van der Waals surface area contributed by atoms with E-state index >= 15 is 0 Å². The van der Waals surface area contributed by atoms with E-state index in [-0.39, 0.29) is 0 Å². The van der Waals surface area contributed by atoms with Crippen molar-refractivity contribution in [1.82, 2.24) is 0 Å². The molecule has 2 atom stereocenters. The topological polar surface area (TPSA) is 17.1 Å². The molecule has 88 valence electrons. The van der Waals surface area contributed by atoms with E-state index in [1.165, 1.54) is 12.0 Å². The molecule has 1 saturated carbocycles. The lowest BCUT2D eigenvalue weighted by Gasteiger charge is -2.52. The molecule has 1 heteroatoms. The molecule has 0 radical (unpaired) electrons. The molecule has 0 bridgehead atoms. The van der Waals surface area contributed by atoms with E-state index in [2.05, 4.69) is 26.5 Å². The van der Waals surface area contributed by atoms with Crippen molar-refractivity contribution in [2.75, 3.05) is 0 Å². The Morgan fingerprint density at radius 1 is 1.44 bits per heavy atom. The summed E-state index contributed by atoms with van der Waals surface area (Å²) < 4.78 is 0. The van der Waals surface area contributed by atoms with Crippen LogP contribution in [0.4, 0.5) is 0 Å². The van der Waals surface area contributed by atoms with Gasteiger partial charge in [-0.25, -0.2) is 0 Å². The zero-order valence-corrected chi connectivity index (χ0v) is 10.7. The number of ketones is 1. The van der Waals surface area contributed by atoms with Crippen molar-refractivity contribution in [2.45, 2.75) is 46.5 Å². The number of Topliss-reactive ketones (excluding diaryl/α,β-unsaturated/α-hetero) is 1. The maximum absolute atomic E-state index is 12.0. The summed E-state index contributed by atoms with van der Waals surface area (Å²) in [5.41, 5.74) is 2.65. The summed E-state index contributed by atoms with van der Waals surface area (Å²) >= 11 is 0. The molecular formula is C15H22O. The SMILES string of the molecule is C=C1CC/C=C(/C)C(=O)C[C@@H]2[C@@H]1CC2(C)C. The van der Waals surface area contributed by atoms with Crippen LogP contribution in [0.25, 0.3) is 0 Å². The number of rotatable bonds is 0. The monoisotopic (exact) mass is 218 g/mol. The molecule has 0 aromatic carbocycles. The summed E-state index contributed by atoms with van der Waals surface area (Å²) in [4.78, 5) is 12.0. The number of allylic oxidation sites excluding steroid dienone is 3. The van der Waals surface area contributed by atoms with E-state index in [4.69, 9.17) is 0 Å². The fourth-order valence-electron chi connectivity index (χ4n) is 3.23. The summed E-state index contributed by atoms with van der Waals surface area (Å²) in [6, 6.07) is 0. The van der Waals surface area contributed by atoms with Gasteiger partial charge in [0.05, 0.1) is 0 Å². The molecular weight excluding hydrogens is 196 g/mol. The molecule has 0 aliphatic heterocycles. The lowest BCUT2D eigenvalue weighted by molar-refractivity contribution is -0.120. The van der Waals surface area contributed by atoms with Gasteiger partial charge in [0.2, 0.25) is 0 Å². The summed E-state index contributed by atoms with van der Waals surface area (Å²) in [6.45, 7) is 10.7. The van der Waals surface area contributed by atoms with Crippen molar-refractivity contribution in [3.63, 3.8) is 0 Å². The average molecular weight is 218 g/mol. The van der Waals surface area contributed by atoms with Crippen molar-refractivity contribution >= 4 is 5.78 Å². The van der Waals surface area contributed by atoms with E-state index in [1.54, 1.807) is 0 Å². The first-order valence-corrected chi connectivity index (χ1v) is 6.29. The van der Waals surface area contributed by atoms with Crippen LogP contribution in [0.3, 0.4) is 0 Å². The molecule has 1 nitrogen and oxygen atoms in total. The highest BCUT2D eigenvalue weighted by atomic mass is 16.1. The lowest BCUT2D eigenvalue weighted by Crippen LogP contribution is -2.45. The van der Waals surface area contributed by atoms with Gasteiger partial charge in [0, 0.05) is 6.42 Å². The Kier molecular flexibility index (Phi) is 2.81. The largest absolute Gasteiger partial charge is 0.295 e. The molecule has 16 heavy (non-hydrogen) atoms. The highest BCUT2D eigenvalue weighted by Crippen LogP contribution is 2.56. The van der Waals surface area contributed by atoms with E-state index in [9.17, 15) is 4.79 Å². The molecule has 0 heterocycles. The van der Waals surface area contributed by atoms with Gasteiger partial charge in [0.15, 0.2) is 5.78 Å². The molecule has 0 unspecified atom stereocenters. The van der Waals surface area contributed by atoms with Crippen molar-refractivity contribution < 1.29 is 4.79 Å². The second-order valence-corrected chi connectivity index (χ2v) is 6.12. The van der Waals surface area contributed by atoms with Crippen molar-refractivity contribution in [3.8, 4) is 0 Å². The Balaban J connectivity index is 2.22. The second kappa shape index (κ2) is 3.87. The van der Waals surface area contributed by atoms with E-state index in [0.29, 0.717) is 23.0 Å². The van der Waals surface area contributed by atoms with Crippen molar-refractivity contribution in [1.29, 1.82) is 0 Å². The predicted octanol–water partition coefficient (Wildman–Crippen LogP) is 3.90. The zero-order chi connectivity index (χ0) is 11.9. The van der Waals surface area contributed by atoms with Gasteiger partial charge in [-0.05, 0) is 49.0 Å². The van der Waals surface area contributed by atoms with Gasteiger partial charge in [-0.2, -0.15) is 0 Å². The van der Waals surface area contributed by atoms with Gasteiger partial charge in [-0.15, -0.1) is 0 Å². The normalized spacial score (nSPS) is 37.3. The predicted molar refractivity (Wildman–Crippen MR) is 67.1 cm³/mol. The molecule has 0 aromatic heterocycles. The van der Waals surface area contributed by atoms with Gasteiger partial charge in [0.1, 0.15) is 0 Å².